The zero-order valence-electron chi connectivity index (χ0n) is 6.63. The number of rotatable bonds is 0. The maximum Gasteiger partial charge on any atom is 0.221 e. The molecule has 0 N–H and O–H groups in total. The SMILES string of the molecule is CC(=O)N1CC(C)OC1C. The average Bonchev–Trinajstić information content (AvgIpc) is 2.10. The van der Waals surface area contributed by atoms with Crippen molar-refractivity contribution >= 4 is 5.91 Å². The van der Waals surface area contributed by atoms with Gasteiger partial charge in [-0.25, -0.2) is 0 Å². The highest BCUT2D eigenvalue weighted by Gasteiger charge is 2.27. The van der Waals surface area contributed by atoms with Gasteiger partial charge in [0, 0.05) is 13.5 Å². The predicted octanol–water partition coefficient (Wildman–Crippen LogP) is 0.600. The second kappa shape index (κ2) is 2.58. The van der Waals surface area contributed by atoms with Crippen molar-refractivity contribution in [2.24, 2.45) is 0 Å². The molecule has 1 aliphatic heterocycles. The number of nitrogens with zero attached hydrogens (tertiary/aromatic N) is 1. The van der Waals surface area contributed by atoms with Crippen molar-refractivity contribution in [3.05, 3.63) is 0 Å². The zero-order valence-corrected chi connectivity index (χ0v) is 6.63. The standard InChI is InChI=1S/C7H13NO2/c1-5-4-8(6(2)9)7(3)10-5/h5,7H,4H2,1-3H3. The topological polar surface area (TPSA) is 29.5 Å². The van der Waals surface area contributed by atoms with Crippen molar-refractivity contribution < 1.29 is 9.53 Å². The molecule has 0 bridgehead atoms. The molecule has 1 fully saturated rings. The van der Waals surface area contributed by atoms with Gasteiger partial charge in [0.1, 0.15) is 6.23 Å². The van der Waals surface area contributed by atoms with E-state index in [1.165, 1.54) is 0 Å². The molecule has 1 heterocycles. The predicted molar refractivity (Wildman–Crippen MR) is 37.4 cm³/mol. The minimum Gasteiger partial charge on any atom is -0.354 e. The molecule has 2 unspecified atom stereocenters. The molecule has 10 heavy (non-hydrogen) atoms. The van der Waals surface area contributed by atoms with Gasteiger partial charge in [-0.2, -0.15) is 0 Å². The first-order valence-corrected chi connectivity index (χ1v) is 3.54. The van der Waals surface area contributed by atoms with Crippen LogP contribution >= 0.6 is 0 Å². The van der Waals surface area contributed by atoms with E-state index in [2.05, 4.69) is 0 Å². The van der Waals surface area contributed by atoms with Gasteiger partial charge in [-0.05, 0) is 13.8 Å². The summed E-state index contributed by atoms with van der Waals surface area (Å²) in [5, 5.41) is 0. The van der Waals surface area contributed by atoms with Crippen LogP contribution in [-0.2, 0) is 9.53 Å². The van der Waals surface area contributed by atoms with Crippen LogP contribution in [0.1, 0.15) is 20.8 Å². The van der Waals surface area contributed by atoms with Crippen LogP contribution in [-0.4, -0.2) is 29.7 Å². The molecule has 58 valence electrons. The minimum absolute atomic E-state index is 0.0347. The van der Waals surface area contributed by atoms with E-state index in [1.807, 2.05) is 13.8 Å². The second-order valence-electron chi connectivity index (χ2n) is 2.72. The smallest absolute Gasteiger partial charge is 0.221 e. The van der Waals surface area contributed by atoms with Crippen LogP contribution in [0, 0.1) is 0 Å². The van der Waals surface area contributed by atoms with Crippen LogP contribution in [0.3, 0.4) is 0 Å². The summed E-state index contributed by atoms with van der Waals surface area (Å²) in [6.45, 7) is 6.17. The molecule has 3 heteroatoms. The van der Waals surface area contributed by atoms with Crippen molar-refractivity contribution in [2.45, 2.75) is 33.1 Å². The van der Waals surface area contributed by atoms with Crippen LogP contribution in [0.4, 0.5) is 0 Å². The third-order valence-corrected chi connectivity index (χ3v) is 1.73. The molecule has 1 saturated heterocycles. The number of amides is 1. The van der Waals surface area contributed by atoms with E-state index in [0.717, 1.165) is 6.54 Å². The molecule has 2 atom stereocenters. The Kier molecular flexibility index (Phi) is 1.94. The molecule has 0 aliphatic carbocycles. The minimum atomic E-state index is -0.0347. The molecule has 0 aromatic heterocycles. The molecular weight excluding hydrogens is 130 g/mol. The molecule has 1 amide bonds. The fourth-order valence-corrected chi connectivity index (χ4v) is 1.26. The lowest BCUT2D eigenvalue weighted by molar-refractivity contribution is -0.132. The maximum atomic E-state index is 10.8. The molecule has 0 radical (unpaired) electrons. The summed E-state index contributed by atoms with van der Waals surface area (Å²) in [6, 6.07) is 0. The van der Waals surface area contributed by atoms with Gasteiger partial charge in [0.05, 0.1) is 6.10 Å². The molecule has 3 nitrogen and oxygen atoms in total. The molecular formula is C7H13NO2. The Hall–Kier alpha value is -0.570. The lowest BCUT2D eigenvalue weighted by atomic mass is 10.4. The van der Waals surface area contributed by atoms with Gasteiger partial charge in [0.2, 0.25) is 5.91 Å². The lowest BCUT2D eigenvalue weighted by Crippen LogP contribution is -2.32. The molecule has 0 aromatic rings. The van der Waals surface area contributed by atoms with E-state index in [9.17, 15) is 4.79 Å². The van der Waals surface area contributed by atoms with Gasteiger partial charge in [-0.1, -0.05) is 0 Å². The Balaban J connectivity index is 2.54. The number of carbonyl (C=O) groups is 1. The highest BCUT2D eigenvalue weighted by molar-refractivity contribution is 5.73. The Bertz CT molecular complexity index is 147. The summed E-state index contributed by atoms with van der Waals surface area (Å²) in [6.07, 6.45) is 0.159. The normalized spacial score (nSPS) is 32.9. The quantitative estimate of drug-likeness (QED) is 0.497. The van der Waals surface area contributed by atoms with Crippen molar-refractivity contribution in [1.29, 1.82) is 0 Å². The fourth-order valence-electron chi connectivity index (χ4n) is 1.26. The molecule has 0 aromatic carbocycles. The summed E-state index contributed by atoms with van der Waals surface area (Å²) in [5.41, 5.74) is 0. The monoisotopic (exact) mass is 143 g/mol. The van der Waals surface area contributed by atoms with E-state index >= 15 is 0 Å². The molecule has 0 spiro atoms. The van der Waals surface area contributed by atoms with Crippen LogP contribution in [0.15, 0.2) is 0 Å². The number of carbonyl (C=O) groups excluding carboxylic acids is 1. The summed E-state index contributed by atoms with van der Waals surface area (Å²) >= 11 is 0. The molecule has 0 saturated carbocycles. The number of ether oxygens (including phenoxy) is 1. The Morgan fingerprint density at radius 1 is 1.60 bits per heavy atom. The summed E-state index contributed by atoms with van der Waals surface area (Å²) < 4.78 is 5.34. The van der Waals surface area contributed by atoms with Crippen molar-refractivity contribution in [3.63, 3.8) is 0 Å². The zero-order chi connectivity index (χ0) is 7.72. The largest absolute Gasteiger partial charge is 0.354 e. The van der Waals surface area contributed by atoms with Gasteiger partial charge in [-0.3, -0.25) is 4.79 Å². The van der Waals surface area contributed by atoms with Crippen molar-refractivity contribution in [3.8, 4) is 0 Å². The first-order valence-electron chi connectivity index (χ1n) is 3.54. The summed E-state index contributed by atoms with van der Waals surface area (Å²) in [4.78, 5) is 12.6. The van der Waals surface area contributed by atoms with Gasteiger partial charge >= 0.3 is 0 Å². The highest BCUT2D eigenvalue weighted by atomic mass is 16.5. The average molecular weight is 143 g/mol. The summed E-state index contributed by atoms with van der Waals surface area (Å²) in [7, 11) is 0. The van der Waals surface area contributed by atoms with Crippen molar-refractivity contribution in [1.82, 2.24) is 4.90 Å². The van der Waals surface area contributed by atoms with Crippen LogP contribution in [0.5, 0.6) is 0 Å². The van der Waals surface area contributed by atoms with E-state index in [-0.39, 0.29) is 18.2 Å². The molecule has 1 rings (SSSR count). The molecule has 1 aliphatic rings. The third kappa shape index (κ3) is 1.29. The lowest BCUT2D eigenvalue weighted by Gasteiger charge is -2.16. The van der Waals surface area contributed by atoms with Gasteiger partial charge in [-0.15, -0.1) is 0 Å². The van der Waals surface area contributed by atoms with Gasteiger partial charge in [0.25, 0.3) is 0 Å². The van der Waals surface area contributed by atoms with Crippen LogP contribution < -0.4 is 0 Å². The maximum absolute atomic E-state index is 10.8. The van der Waals surface area contributed by atoms with E-state index in [0.29, 0.717) is 0 Å². The first-order chi connectivity index (χ1) is 4.61. The van der Waals surface area contributed by atoms with E-state index < -0.39 is 0 Å². The van der Waals surface area contributed by atoms with Crippen LogP contribution in [0.2, 0.25) is 0 Å². The number of hydrogen-bond donors (Lipinski definition) is 0. The third-order valence-electron chi connectivity index (χ3n) is 1.73. The Labute approximate surface area is 61.0 Å². The Morgan fingerprint density at radius 2 is 2.20 bits per heavy atom. The van der Waals surface area contributed by atoms with Crippen molar-refractivity contribution in [2.75, 3.05) is 6.54 Å². The van der Waals surface area contributed by atoms with E-state index in [4.69, 9.17) is 4.74 Å². The second-order valence-corrected chi connectivity index (χ2v) is 2.72. The van der Waals surface area contributed by atoms with Crippen LogP contribution in [0.25, 0.3) is 0 Å². The number of hydrogen-bond acceptors (Lipinski definition) is 2. The highest BCUT2D eigenvalue weighted by Crippen LogP contribution is 2.14. The van der Waals surface area contributed by atoms with Gasteiger partial charge in [0.15, 0.2) is 0 Å². The van der Waals surface area contributed by atoms with Gasteiger partial charge < -0.3 is 9.64 Å². The Morgan fingerprint density at radius 3 is 2.40 bits per heavy atom. The fraction of sp³-hybridized carbons (Fsp3) is 0.857. The van der Waals surface area contributed by atoms with E-state index in [1.54, 1.807) is 11.8 Å². The first kappa shape index (κ1) is 7.54. The summed E-state index contributed by atoms with van der Waals surface area (Å²) in [5.74, 6) is 0.0943.